The molecule has 0 aliphatic rings. The molecule has 0 radical (unpaired) electrons. The van der Waals surface area contributed by atoms with Crippen LogP contribution in [0.3, 0.4) is 0 Å². The number of fused-ring (bicyclic) bond motifs is 1. The zero-order valence-electron chi connectivity index (χ0n) is 15.5. The van der Waals surface area contributed by atoms with Gasteiger partial charge >= 0.3 is 12.2 Å². The lowest BCUT2D eigenvalue weighted by atomic mass is 10.1. The quantitative estimate of drug-likeness (QED) is 0.383. The number of carbonyl (C=O) groups is 1. The maximum absolute atomic E-state index is 13.5. The van der Waals surface area contributed by atoms with Gasteiger partial charge in [0.25, 0.3) is 0 Å². The van der Waals surface area contributed by atoms with Gasteiger partial charge in [-0.1, -0.05) is 12.1 Å². The number of furan rings is 1. The molecule has 2 heterocycles. The number of anilines is 3. The summed E-state index contributed by atoms with van der Waals surface area (Å²) in [5.41, 5.74) is 6.40. The number of benzene rings is 2. The fourth-order valence-electron chi connectivity index (χ4n) is 2.96. The van der Waals surface area contributed by atoms with Gasteiger partial charge in [-0.2, -0.15) is 13.2 Å². The Hall–Kier alpha value is -4.15. The van der Waals surface area contributed by atoms with Gasteiger partial charge in [0.1, 0.15) is 24.2 Å². The molecule has 7 nitrogen and oxygen atoms in total. The van der Waals surface area contributed by atoms with Gasteiger partial charge in [0.2, 0.25) is 5.71 Å². The van der Waals surface area contributed by atoms with Crippen LogP contribution in [0.25, 0.3) is 22.2 Å². The number of halogens is 4. The van der Waals surface area contributed by atoms with E-state index in [4.69, 9.17) is 10.2 Å². The lowest BCUT2D eigenvalue weighted by Crippen LogP contribution is -2.20. The number of amides is 2. The standard InChI is InChI=1S/C20H13F4N5O2/c21-12-5-11(20(22,23)24)6-14(7-12)29-19(30)28-13-3-1-10(2-4-13)15-8-31-18-16(15)17(25)26-9-27-18/h1-9H,(H2,25,26,27)(H2,28,29,30). The van der Waals surface area contributed by atoms with Crippen LogP contribution in [0, 0.1) is 5.82 Å². The Bertz CT molecular complexity index is 1270. The summed E-state index contributed by atoms with van der Waals surface area (Å²) >= 11 is 0. The van der Waals surface area contributed by atoms with Crippen molar-refractivity contribution >= 4 is 34.3 Å². The topological polar surface area (TPSA) is 106 Å². The minimum atomic E-state index is -4.74. The smallest absolute Gasteiger partial charge is 0.416 e. The Morgan fingerprint density at radius 1 is 1.00 bits per heavy atom. The first-order chi connectivity index (χ1) is 14.7. The third-order valence-corrected chi connectivity index (χ3v) is 4.34. The second-order valence-electron chi connectivity index (χ2n) is 6.47. The fourth-order valence-corrected chi connectivity index (χ4v) is 2.96. The number of nitrogens with two attached hydrogens (primary N) is 1. The average molecular weight is 431 g/mol. The van der Waals surface area contributed by atoms with E-state index in [1.165, 1.54) is 12.6 Å². The van der Waals surface area contributed by atoms with Crippen LogP contribution in [0.1, 0.15) is 5.56 Å². The molecule has 0 atom stereocenters. The number of carbonyl (C=O) groups excluding carboxylic acids is 1. The van der Waals surface area contributed by atoms with E-state index in [1.54, 1.807) is 24.3 Å². The molecule has 31 heavy (non-hydrogen) atoms. The average Bonchev–Trinajstić information content (AvgIpc) is 3.13. The molecule has 0 aliphatic heterocycles. The normalized spacial score (nSPS) is 11.5. The molecule has 2 amide bonds. The van der Waals surface area contributed by atoms with Crippen molar-refractivity contribution in [3.05, 3.63) is 66.4 Å². The van der Waals surface area contributed by atoms with Gasteiger partial charge < -0.3 is 20.8 Å². The van der Waals surface area contributed by atoms with E-state index in [9.17, 15) is 22.4 Å². The summed E-state index contributed by atoms with van der Waals surface area (Å²) in [6, 6.07) is 7.43. The summed E-state index contributed by atoms with van der Waals surface area (Å²) in [5, 5.41) is 5.19. The minimum Gasteiger partial charge on any atom is -0.445 e. The largest absolute Gasteiger partial charge is 0.445 e. The minimum absolute atomic E-state index is 0.253. The van der Waals surface area contributed by atoms with Gasteiger partial charge in [-0.25, -0.2) is 19.2 Å². The predicted octanol–water partition coefficient (Wildman–Crippen LogP) is 5.27. The number of aromatic nitrogens is 2. The third kappa shape index (κ3) is 4.25. The number of rotatable bonds is 3. The lowest BCUT2D eigenvalue weighted by molar-refractivity contribution is -0.137. The molecule has 4 N–H and O–H groups in total. The third-order valence-electron chi connectivity index (χ3n) is 4.34. The molecule has 11 heteroatoms. The second kappa shape index (κ2) is 7.59. The number of hydrogen-bond acceptors (Lipinski definition) is 5. The first-order valence-corrected chi connectivity index (χ1v) is 8.74. The van der Waals surface area contributed by atoms with Gasteiger partial charge in [0.05, 0.1) is 10.9 Å². The van der Waals surface area contributed by atoms with Crippen LogP contribution in [0.5, 0.6) is 0 Å². The first kappa shape index (κ1) is 20.1. The zero-order valence-corrected chi connectivity index (χ0v) is 15.5. The number of urea groups is 1. The highest BCUT2D eigenvalue weighted by atomic mass is 19.4. The van der Waals surface area contributed by atoms with E-state index in [-0.39, 0.29) is 11.5 Å². The van der Waals surface area contributed by atoms with Crippen molar-refractivity contribution in [2.24, 2.45) is 0 Å². The van der Waals surface area contributed by atoms with Crippen LogP contribution in [-0.4, -0.2) is 16.0 Å². The van der Waals surface area contributed by atoms with E-state index >= 15 is 0 Å². The second-order valence-corrected chi connectivity index (χ2v) is 6.47. The maximum atomic E-state index is 13.5. The van der Waals surface area contributed by atoms with Crippen LogP contribution in [0.2, 0.25) is 0 Å². The van der Waals surface area contributed by atoms with Gasteiger partial charge in [-0.3, -0.25) is 0 Å². The molecular formula is C20H13F4N5O2. The van der Waals surface area contributed by atoms with Gasteiger partial charge in [-0.05, 0) is 35.9 Å². The fraction of sp³-hybridized carbons (Fsp3) is 0.0500. The van der Waals surface area contributed by atoms with E-state index in [0.29, 0.717) is 40.0 Å². The lowest BCUT2D eigenvalue weighted by Gasteiger charge is -2.11. The number of alkyl halides is 3. The van der Waals surface area contributed by atoms with Crippen molar-refractivity contribution < 1.29 is 26.8 Å². The molecule has 0 bridgehead atoms. The molecule has 2 aromatic heterocycles. The molecule has 0 unspecified atom stereocenters. The first-order valence-electron chi connectivity index (χ1n) is 8.74. The summed E-state index contributed by atoms with van der Waals surface area (Å²) in [6.45, 7) is 0. The highest BCUT2D eigenvalue weighted by molar-refractivity contribution is 6.01. The molecule has 0 aliphatic carbocycles. The summed E-state index contributed by atoms with van der Waals surface area (Å²) < 4.78 is 57.2. The van der Waals surface area contributed by atoms with Crippen LogP contribution < -0.4 is 16.4 Å². The van der Waals surface area contributed by atoms with Crippen LogP contribution in [0.15, 0.2) is 59.5 Å². The van der Waals surface area contributed by atoms with Gasteiger partial charge in [0, 0.05) is 16.9 Å². The molecule has 4 aromatic rings. The van der Waals surface area contributed by atoms with E-state index in [0.717, 1.165) is 6.07 Å². The van der Waals surface area contributed by atoms with E-state index in [1.807, 2.05) is 0 Å². The molecule has 4 rings (SSSR count). The SMILES string of the molecule is Nc1ncnc2occ(-c3ccc(NC(=O)Nc4cc(F)cc(C(F)(F)F)c4)cc3)c12. The molecule has 0 saturated heterocycles. The Morgan fingerprint density at radius 2 is 1.71 bits per heavy atom. The predicted molar refractivity (Wildman–Crippen MR) is 106 cm³/mol. The summed E-state index contributed by atoms with van der Waals surface area (Å²) in [5.74, 6) is -0.867. The number of nitrogens with one attached hydrogen (secondary N) is 2. The highest BCUT2D eigenvalue weighted by Gasteiger charge is 2.31. The molecule has 2 aromatic carbocycles. The number of nitrogens with zero attached hydrogens (tertiary/aromatic N) is 2. The van der Waals surface area contributed by atoms with Gasteiger partial charge in [-0.15, -0.1) is 0 Å². The molecule has 0 saturated carbocycles. The monoisotopic (exact) mass is 431 g/mol. The van der Waals surface area contributed by atoms with Crippen molar-refractivity contribution in [3.8, 4) is 11.1 Å². The van der Waals surface area contributed by atoms with Crippen LogP contribution in [0.4, 0.5) is 39.5 Å². The Kier molecular flexibility index (Phi) is 4.93. The van der Waals surface area contributed by atoms with E-state index in [2.05, 4.69) is 20.6 Å². The van der Waals surface area contributed by atoms with Crippen LogP contribution >= 0.6 is 0 Å². The van der Waals surface area contributed by atoms with Crippen molar-refractivity contribution in [2.45, 2.75) is 6.18 Å². The molecule has 0 spiro atoms. The maximum Gasteiger partial charge on any atom is 0.416 e. The van der Waals surface area contributed by atoms with Crippen molar-refractivity contribution in [1.82, 2.24) is 9.97 Å². The van der Waals surface area contributed by atoms with Crippen molar-refractivity contribution in [2.75, 3.05) is 16.4 Å². The summed E-state index contributed by atoms with van der Waals surface area (Å²) in [4.78, 5) is 20.0. The molecule has 158 valence electrons. The van der Waals surface area contributed by atoms with Crippen LogP contribution in [-0.2, 0) is 6.18 Å². The van der Waals surface area contributed by atoms with Crippen molar-refractivity contribution in [3.63, 3.8) is 0 Å². The molecule has 0 fully saturated rings. The zero-order chi connectivity index (χ0) is 22.2. The summed E-state index contributed by atoms with van der Waals surface area (Å²) in [7, 11) is 0. The molecular weight excluding hydrogens is 418 g/mol. The van der Waals surface area contributed by atoms with Crippen molar-refractivity contribution in [1.29, 1.82) is 0 Å². The van der Waals surface area contributed by atoms with E-state index < -0.39 is 23.6 Å². The highest BCUT2D eigenvalue weighted by Crippen LogP contribution is 2.33. The summed E-state index contributed by atoms with van der Waals surface area (Å²) in [6.07, 6.45) is -1.98. The van der Waals surface area contributed by atoms with Gasteiger partial charge in [0.15, 0.2) is 0 Å². The number of nitrogen functional groups attached to an aromatic ring is 1. The Morgan fingerprint density at radius 3 is 2.42 bits per heavy atom. The number of hydrogen-bond donors (Lipinski definition) is 3. The Labute approximate surface area is 171 Å². The Balaban J connectivity index is 1.49.